The van der Waals surface area contributed by atoms with Gasteiger partial charge >= 0.3 is 0 Å². The van der Waals surface area contributed by atoms with Gasteiger partial charge in [0.2, 0.25) is 0 Å². The minimum absolute atomic E-state index is 0.618. The number of rotatable bonds is 7. The van der Waals surface area contributed by atoms with Crippen molar-refractivity contribution in [3.8, 4) is 0 Å². The van der Waals surface area contributed by atoms with Crippen LogP contribution in [0.2, 0.25) is 0 Å². The van der Waals surface area contributed by atoms with Gasteiger partial charge in [-0.1, -0.05) is 6.92 Å². The normalized spacial score (nSPS) is 17.4. The van der Waals surface area contributed by atoms with Gasteiger partial charge in [-0.15, -0.1) is 0 Å². The summed E-state index contributed by atoms with van der Waals surface area (Å²) in [5.41, 5.74) is 1.32. The molecular weight excluding hydrogens is 224 g/mol. The van der Waals surface area contributed by atoms with Crippen LogP contribution in [0.25, 0.3) is 0 Å². The molecule has 102 valence electrons. The van der Waals surface area contributed by atoms with E-state index in [9.17, 15) is 0 Å². The molecule has 1 unspecified atom stereocenters. The molecule has 0 amide bonds. The predicted molar refractivity (Wildman–Crippen MR) is 74.5 cm³/mol. The van der Waals surface area contributed by atoms with Crippen molar-refractivity contribution in [3.05, 3.63) is 23.2 Å². The molecule has 1 atom stereocenters. The van der Waals surface area contributed by atoms with Crippen LogP contribution in [0.5, 0.6) is 0 Å². The Balaban J connectivity index is 1.90. The highest BCUT2D eigenvalue weighted by atomic mass is 16.3. The van der Waals surface area contributed by atoms with Gasteiger partial charge in [0.05, 0.1) is 6.54 Å². The second kappa shape index (κ2) is 5.89. The highest BCUT2D eigenvalue weighted by molar-refractivity contribution is 5.21. The summed E-state index contributed by atoms with van der Waals surface area (Å²) in [6.45, 7) is 8.42. The number of hydrogen-bond acceptors (Lipinski definition) is 3. The smallest absolute Gasteiger partial charge is 0.118 e. The first-order chi connectivity index (χ1) is 8.60. The maximum absolute atomic E-state index is 5.82. The van der Waals surface area contributed by atoms with Crippen molar-refractivity contribution in [2.75, 3.05) is 7.05 Å². The average Bonchev–Trinajstić information content (AvgIpc) is 3.12. The molecule has 2 rings (SSSR count). The van der Waals surface area contributed by atoms with E-state index in [1.165, 1.54) is 24.8 Å². The van der Waals surface area contributed by atoms with Crippen molar-refractivity contribution in [1.82, 2.24) is 10.2 Å². The van der Waals surface area contributed by atoms with E-state index in [4.69, 9.17) is 4.42 Å². The zero-order chi connectivity index (χ0) is 13.1. The fourth-order valence-electron chi connectivity index (χ4n) is 2.10. The molecule has 3 nitrogen and oxygen atoms in total. The first-order valence-electron chi connectivity index (χ1n) is 7.12. The lowest BCUT2D eigenvalue weighted by Gasteiger charge is -2.22. The third-order valence-electron chi connectivity index (χ3n) is 3.98. The van der Waals surface area contributed by atoms with Gasteiger partial charge in [0.1, 0.15) is 11.5 Å². The van der Waals surface area contributed by atoms with Gasteiger partial charge < -0.3 is 9.73 Å². The zero-order valence-electron chi connectivity index (χ0n) is 12.1. The Labute approximate surface area is 111 Å². The van der Waals surface area contributed by atoms with Crippen molar-refractivity contribution in [3.63, 3.8) is 0 Å². The highest BCUT2D eigenvalue weighted by Crippen LogP contribution is 2.21. The van der Waals surface area contributed by atoms with Crippen LogP contribution in [0.4, 0.5) is 0 Å². The van der Waals surface area contributed by atoms with Crippen LogP contribution >= 0.6 is 0 Å². The molecule has 1 fully saturated rings. The molecule has 0 aliphatic heterocycles. The summed E-state index contributed by atoms with van der Waals surface area (Å²) in [5, 5.41) is 3.49. The monoisotopic (exact) mass is 250 g/mol. The van der Waals surface area contributed by atoms with Crippen LogP contribution in [0.15, 0.2) is 10.5 Å². The van der Waals surface area contributed by atoms with Crippen LogP contribution in [-0.4, -0.2) is 24.0 Å². The van der Waals surface area contributed by atoms with Crippen LogP contribution in [-0.2, 0) is 13.1 Å². The van der Waals surface area contributed by atoms with Gasteiger partial charge in [-0.05, 0) is 46.2 Å². The number of nitrogens with one attached hydrogen (secondary N) is 1. The lowest BCUT2D eigenvalue weighted by molar-refractivity contribution is 0.242. The Hall–Kier alpha value is -0.800. The standard InChI is InChI=1S/C15H26N2O/c1-5-11(2)17(4)10-13-8-15(18-12(13)3)9-16-14-6-7-14/h8,11,14,16H,5-7,9-10H2,1-4H3. The molecule has 1 aromatic heterocycles. The van der Waals surface area contributed by atoms with E-state index < -0.39 is 0 Å². The van der Waals surface area contributed by atoms with Crippen molar-refractivity contribution in [2.45, 2.75) is 65.2 Å². The Bertz CT molecular complexity index is 382. The molecule has 0 saturated heterocycles. The van der Waals surface area contributed by atoms with E-state index in [0.29, 0.717) is 6.04 Å². The van der Waals surface area contributed by atoms with Crippen molar-refractivity contribution >= 4 is 0 Å². The molecular formula is C15H26N2O. The van der Waals surface area contributed by atoms with E-state index in [1.54, 1.807) is 0 Å². The van der Waals surface area contributed by atoms with Gasteiger partial charge in [-0.3, -0.25) is 4.90 Å². The van der Waals surface area contributed by atoms with Gasteiger partial charge in [-0.2, -0.15) is 0 Å². The van der Waals surface area contributed by atoms with Crippen LogP contribution in [0.3, 0.4) is 0 Å². The summed E-state index contributed by atoms with van der Waals surface area (Å²) in [7, 11) is 2.18. The summed E-state index contributed by atoms with van der Waals surface area (Å²) in [6.07, 6.45) is 3.83. The lowest BCUT2D eigenvalue weighted by atomic mass is 10.2. The first-order valence-corrected chi connectivity index (χ1v) is 7.12. The second-order valence-corrected chi connectivity index (χ2v) is 5.62. The van der Waals surface area contributed by atoms with Crippen LogP contribution in [0, 0.1) is 6.92 Å². The van der Waals surface area contributed by atoms with E-state index in [1.807, 2.05) is 0 Å². The molecule has 1 aromatic rings. The Morgan fingerprint density at radius 2 is 2.22 bits per heavy atom. The van der Waals surface area contributed by atoms with Gasteiger partial charge in [0, 0.05) is 24.2 Å². The quantitative estimate of drug-likeness (QED) is 0.806. The van der Waals surface area contributed by atoms with Crippen molar-refractivity contribution < 1.29 is 4.42 Å². The zero-order valence-corrected chi connectivity index (χ0v) is 12.1. The van der Waals surface area contributed by atoms with E-state index in [-0.39, 0.29) is 0 Å². The third-order valence-corrected chi connectivity index (χ3v) is 3.98. The Kier molecular flexibility index (Phi) is 4.46. The van der Waals surface area contributed by atoms with Gasteiger partial charge in [-0.25, -0.2) is 0 Å². The summed E-state index contributed by atoms with van der Waals surface area (Å²) in [6, 6.07) is 3.57. The van der Waals surface area contributed by atoms with Crippen molar-refractivity contribution in [1.29, 1.82) is 0 Å². The SMILES string of the molecule is CCC(C)N(C)Cc1cc(CNC2CC2)oc1C. The van der Waals surface area contributed by atoms with Gasteiger partial charge in [0.15, 0.2) is 0 Å². The van der Waals surface area contributed by atoms with Crippen LogP contribution in [0.1, 0.15) is 50.2 Å². The molecule has 3 heteroatoms. The average molecular weight is 250 g/mol. The molecule has 0 aromatic carbocycles. The number of hydrogen-bond donors (Lipinski definition) is 1. The highest BCUT2D eigenvalue weighted by Gasteiger charge is 2.21. The lowest BCUT2D eigenvalue weighted by Crippen LogP contribution is -2.27. The number of nitrogens with zero attached hydrogens (tertiary/aromatic N) is 1. The van der Waals surface area contributed by atoms with Crippen molar-refractivity contribution in [2.24, 2.45) is 0 Å². The molecule has 0 bridgehead atoms. The summed E-state index contributed by atoms with van der Waals surface area (Å²) < 4.78 is 5.82. The number of aryl methyl sites for hydroxylation is 1. The number of furan rings is 1. The largest absolute Gasteiger partial charge is 0.465 e. The fourth-order valence-corrected chi connectivity index (χ4v) is 2.10. The molecule has 1 N–H and O–H groups in total. The molecule has 1 aliphatic rings. The molecule has 1 heterocycles. The van der Waals surface area contributed by atoms with E-state index in [0.717, 1.165) is 30.7 Å². The second-order valence-electron chi connectivity index (χ2n) is 5.62. The van der Waals surface area contributed by atoms with E-state index in [2.05, 4.69) is 44.1 Å². The molecule has 18 heavy (non-hydrogen) atoms. The minimum Gasteiger partial charge on any atom is -0.465 e. The topological polar surface area (TPSA) is 28.4 Å². The maximum atomic E-state index is 5.82. The fraction of sp³-hybridized carbons (Fsp3) is 0.733. The van der Waals surface area contributed by atoms with Gasteiger partial charge in [0.25, 0.3) is 0 Å². The molecule has 1 aliphatic carbocycles. The molecule has 0 spiro atoms. The Morgan fingerprint density at radius 1 is 1.50 bits per heavy atom. The first kappa shape index (κ1) is 13.6. The summed E-state index contributed by atoms with van der Waals surface area (Å²) >= 11 is 0. The molecule has 0 radical (unpaired) electrons. The maximum Gasteiger partial charge on any atom is 0.118 e. The minimum atomic E-state index is 0.618. The van der Waals surface area contributed by atoms with Crippen LogP contribution < -0.4 is 5.32 Å². The van der Waals surface area contributed by atoms with E-state index >= 15 is 0 Å². The predicted octanol–water partition coefficient (Wildman–Crippen LogP) is 3.07. The summed E-state index contributed by atoms with van der Waals surface area (Å²) in [4.78, 5) is 2.38. The molecule has 1 saturated carbocycles. The third kappa shape index (κ3) is 3.59. The Morgan fingerprint density at radius 3 is 2.83 bits per heavy atom. The summed E-state index contributed by atoms with van der Waals surface area (Å²) in [5.74, 6) is 2.14.